The van der Waals surface area contributed by atoms with Crippen LogP contribution in [0.4, 0.5) is 0 Å². The number of aryl methyl sites for hydroxylation is 2. The van der Waals surface area contributed by atoms with Crippen LogP contribution in [0, 0.1) is 5.92 Å². The Labute approximate surface area is 196 Å². The fourth-order valence-corrected chi connectivity index (χ4v) is 5.70. The summed E-state index contributed by atoms with van der Waals surface area (Å²) in [6, 6.07) is 12.5. The highest BCUT2D eigenvalue weighted by atomic mass is 32.1. The average Bonchev–Trinajstić information content (AvgIpc) is 3.49. The van der Waals surface area contributed by atoms with Gasteiger partial charge in [0.1, 0.15) is 10.5 Å². The summed E-state index contributed by atoms with van der Waals surface area (Å²) in [4.78, 5) is 27.8. The predicted molar refractivity (Wildman–Crippen MR) is 131 cm³/mol. The van der Waals surface area contributed by atoms with E-state index in [1.54, 1.807) is 4.57 Å². The van der Waals surface area contributed by atoms with E-state index in [1.807, 2.05) is 27.7 Å². The summed E-state index contributed by atoms with van der Waals surface area (Å²) in [6.07, 6.45) is 4.95. The molecule has 1 aliphatic heterocycles. The molecule has 1 saturated heterocycles. The molecule has 7 nitrogen and oxygen atoms in total. The Morgan fingerprint density at radius 1 is 1.12 bits per heavy atom. The smallest absolute Gasteiger partial charge is 0.272 e. The van der Waals surface area contributed by atoms with Crippen molar-refractivity contribution in [1.82, 2.24) is 24.1 Å². The van der Waals surface area contributed by atoms with E-state index in [-0.39, 0.29) is 11.5 Å². The standard InChI is InChI=1S/C25H29N5O2S/c1-2-13-29-24(32)23-20(12-16-33-23)30-21(26-27-25(29)30)8-9-22(31)28-14-10-19(11-15-28)17-18-6-4-3-5-7-18/h3-7,12,16,19H,2,8-11,13-15,17H2,1H3. The quantitative estimate of drug-likeness (QED) is 0.416. The summed E-state index contributed by atoms with van der Waals surface area (Å²) in [5.41, 5.74) is 2.20. The first-order valence-corrected chi connectivity index (χ1v) is 12.7. The molecule has 3 aromatic heterocycles. The number of thiophene rings is 1. The maximum absolute atomic E-state index is 12.9. The minimum absolute atomic E-state index is 0.0113. The highest BCUT2D eigenvalue weighted by molar-refractivity contribution is 7.17. The highest BCUT2D eigenvalue weighted by Crippen LogP contribution is 2.23. The minimum Gasteiger partial charge on any atom is -0.343 e. The Balaban J connectivity index is 1.26. The molecule has 0 spiro atoms. The van der Waals surface area contributed by atoms with Crippen LogP contribution < -0.4 is 5.56 Å². The van der Waals surface area contributed by atoms with Crippen LogP contribution in [-0.2, 0) is 24.2 Å². The first kappa shape index (κ1) is 21.8. The van der Waals surface area contributed by atoms with Gasteiger partial charge in [-0.05, 0) is 48.6 Å². The van der Waals surface area contributed by atoms with Gasteiger partial charge < -0.3 is 4.90 Å². The van der Waals surface area contributed by atoms with Crippen molar-refractivity contribution >= 4 is 33.2 Å². The van der Waals surface area contributed by atoms with E-state index < -0.39 is 0 Å². The SMILES string of the molecule is CCCn1c(=O)c2sccc2n2c(CCC(=O)N3CCC(Cc4ccccc4)CC3)nnc12. The van der Waals surface area contributed by atoms with E-state index in [0.717, 1.165) is 50.1 Å². The van der Waals surface area contributed by atoms with Gasteiger partial charge in [-0.2, -0.15) is 0 Å². The lowest BCUT2D eigenvalue weighted by Gasteiger charge is -2.32. The zero-order valence-corrected chi connectivity index (χ0v) is 19.8. The summed E-state index contributed by atoms with van der Waals surface area (Å²) in [5.74, 6) is 2.12. The molecular formula is C25H29N5O2S. The summed E-state index contributed by atoms with van der Waals surface area (Å²) in [7, 11) is 0. The van der Waals surface area contributed by atoms with Crippen LogP contribution in [0.15, 0.2) is 46.6 Å². The maximum atomic E-state index is 12.9. The lowest BCUT2D eigenvalue weighted by molar-refractivity contribution is -0.132. The van der Waals surface area contributed by atoms with E-state index in [0.29, 0.717) is 35.8 Å². The average molecular weight is 464 g/mol. The van der Waals surface area contributed by atoms with Gasteiger partial charge in [0.05, 0.1) is 5.52 Å². The summed E-state index contributed by atoms with van der Waals surface area (Å²) >= 11 is 1.44. The van der Waals surface area contributed by atoms with Crippen LogP contribution in [0.5, 0.6) is 0 Å². The van der Waals surface area contributed by atoms with Crippen molar-refractivity contribution in [3.8, 4) is 0 Å². The monoisotopic (exact) mass is 463 g/mol. The van der Waals surface area contributed by atoms with Gasteiger partial charge in [-0.3, -0.25) is 18.6 Å². The van der Waals surface area contributed by atoms with Crippen molar-refractivity contribution in [3.63, 3.8) is 0 Å². The number of amides is 1. The van der Waals surface area contributed by atoms with Gasteiger partial charge in [-0.1, -0.05) is 37.3 Å². The van der Waals surface area contributed by atoms with Crippen LogP contribution in [0.1, 0.15) is 44.0 Å². The molecule has 1 aliphatic rings. The number of fused-ring (bicyclic) bond motifs is 3. The third kappa shape index (κ3) is 4.31. The largest absolute Gasteiger partial charge is 0.343 e. The third-order valence-electron chi connectivity index (χ3n) is 6.62. The van der Waals surface area contributed by atoms with Crippen LogP contribution in [0.3, 0.4) is 0 Å². The van der Waals surface area contributed by atoms with Crippen molar-refractivity contribution in [1.29, 1.82) is 0 Å². The molecule has 0 bridgehead atoms. The second-order valence-electron chi connectivity index (χ2n) is 8.86. The molecule has 4 aromatic rings. The molecule has 1 fully saturated rings. The maximum Gasteiger partial charge on any atom is 0.272 e. The van der Waals surface area contributed by atoms with E-state index in [1.165, 1.54) is 16.9 Å². The Morgan fingerprint density at radius 3 is 2.67 bits per heavy atom. The van der Waals surface area contributed by atoms with E-state index in [2.05, 4.69) is 40.5 Å². The topological polar surface area (TPSA) is 72.5 Å². The molecule has 0 N–H and O–H groups in total. The summed E-state index contributed by atoms with van der Waals surface area (Å²) in [6.45, 7) is 4.29. The van der Waals surface area contributed by atoms with Crippen molar-refractivity contribution in [2.75, 3.05) is 13.1 Å². The lowest BCUT2D eigenvalue weighted by atomic mass is 9.90. The first-order chi connectivity index (χ1) is 16.2. The van der Waals surface area contributed by atoms with Gasteiger partial charge in [0.15, 0.2) is 0 Å². The van der Waals surface area contributed by atoms with E-state index in [4.69, 9.17) is 0 Å². The second-order valence-corrected chi connectivity index (χ2v) is 9.77. The van der Waals surface area contributed by atoms with Crippen LogP contribution in [0.2, 0.25) is 0 Å². The lowest BCUT2D eigenvalue weighted by Crippen LogP contribution is -2.39. The van der Waals surface area contributed by atoms with Crippen molar-refractivity contribution in [3.05, 3.63) is 63.5 Å². The zero-order valence-electron chi connectivity index (χ0n) is 18.9. The van der Waals surface area contributed by atoms with Gasteiger partial charge in [0, 0.05) is 32.5 Å². The molecular weight excluding hydrogens is 434 g/mol. The minimum atomic E-state index is -0.0113. The molecule has 1 aromatic carbocycles. The fraction of sp³-hybridized carbons (Fsp3) is 0.440. The molecule has 0 radical (unpaired) electrons. The number of piperidine rings is 1. The van der Waals surface area contributed by atoms with Gasteiger partial charge in [0.25, 0.3) is 5.56 Å². The molecule has 0 saturated carbocycles. The molecule has 0 unspecified atom stereocenters. The molecule has 1 amide bonds. The van der Waals surface area contributed by atoms with Crippen molar-refractivity contribution < 1.29 is 4.79 Å². The molecule has 5 rings (SSSR count). The van der Waals surface area contributed by atoms with E-state index >= 15 is 0 Å². The molecule has 0 aliphatic carbocycles. The van der Waals surface area contributed by atoms with Crippen molar-refractivity contribution in [2.45, 2.75) is 52.0 Å². The van der Waals surface area contributed by atoms with Gasteiger partial charge in [0.2, 0.25) is 11.7 Å². The summed E-state index contributed by atoms with van der Waals surface area (Å²) < 4.78 is 4.38. The fourth-order valence-electron chi connectivity index (χ4n) is 4.88. The number of carbonyl (C=O) groups excluding carboxylic acids is 1. The Hall–Kier alpha value is -3.00. The van der Waals surface area contributed by atoms with Gasteiger partial charge in [-0.15, -0.1) is 21.5 Å². The number of aromatic nitrogens is 4. The molecule has 8 heteroatoms. The highest BCUT2D eigenvalue weighted by Gasteiger charge is 2.24. The van der Waals surface area contributed by atoms with Crippen LogP contribution >= 0.6 is 11.3 Å². The van der Waals surface area contributed by atoms with Gasteiger partial charge >= 0.3 is 0 Å². The number of benzene rings is 1. The molecule has 172 valence electrons. The Kier molecular flexibility index (Phi) is 6.26. The Morgan fingerprint density at radius 2 is 1.91 bits per heavy atom. The van der Waals surface area contributed by atoms with E-state index in [9.17, 15) is 9.59 Å². The summed E-state index contributed by atoms with van der Waals surface area (Å²) in [5, 5.41) is 10.6. The number of hydrogen-bond acceptors (Lipinski definition) is 5. The predicted octanol–water partition coefficient (Wildman–Crippen LogP) is 3.93. The second kappa shape index (κ2) is 9.47. The van der Waals surface area contributed by atoms with Crippen LogP contribution in [0.25, 0.3) is 16.0 Å². The number of carbonyl (C=O) groups is 1. The normalized spacial score (nSPS) is 15.0. The number of rotatable bonds is 7. The molecule has 33 heavy (non-hydrogen) atoms. The Bertz CT molecular complexity index is 1320. The third-order valence-corrected chi connectivity index (χ3v) is 7.51. The van der Waals surface area contributed by atoms with Crippen molar-refractivity contribution in [2.24, 2.45) is 5.92 Å². The first-order valence-electron chi connectivity index (χ1n) is 11.8. The zero-order chi connectivity index (χ0) is 22.8. The van der Waals surface area contributed by atoms with Crippen LogP contribution in [-0.4, -0.2) is 43.1 Å². The number of hydrogen-bond donors (Lipinski definition) is 0. The molecule has 4 heterocycles. The van der Waals surface area contributed by atoms with Gasteiger partial charge in [-0.25, -0.2) is 0 Å². The number of nitrogens with zero attached hydrogens (tertiary/aromatic N) is 5. The molecule has 0 atom stereocenters. The number of likely N-dealkylation sites (tertiary alicyclic amines) is 1.